The van der Waals surface area contributed by atoms with Crippen LogP contribution in [0.3, 0.4) is 0 Å². The van der Waals surface area contributed by atoms with E-state index in [2.05, 4.69) is 10.4 Å². The lowest BCUT2D eigenvalue weighted by Gasteiger charge is -2.05. The van der Waals surface area contributed by atoms with Gasteiger partial charge in [0, 0.05) is 22.3 Å². The smallest absolute Gasteiger partial charge is 0.341 e. The number of anilines is 1. The molecule has 0 fully saturated rings. The van der Waals surface area contributed by atoms with E-state index < -0.39 is 5.97 Å². The molecule has 0 aliphatic carbocycles. The van der Waals surface area contributed by atoms with Crippen molar-refractivity contribution >= 4 is 38.3 Å². The van der Waals surface area contributed by atoms with E-state index in [4.69, 9.17) is 4.74 Å². The van der Waals surface area contributed by atoms with Crippen LogP contribution in [0, 0.1) is 6.92 Å². The molecule has 130 valence electrons. The second kappa shape index (κ2) is 7.06. The van der Waals surface area contributed by atoms with Crippen LogP contribution in [-0.2, 0) is 11.3 Å². The van der Waals surface area contributed by atoms with Gasteiger partial charge in [0.2, 0.25) is 0 Å². The number of carbonyl (C=O) groups excluding carboxylic acids is 2. The molecular weight excluding hydrogens is 338 g/mol. The molecule has 0 bridgehead atoms. The number of benzene rings is 1. The number of nitrogens with one attached hydrogen (secondary N) is 1. The zero-order valence-corrected chi connectivity index (χ0v) is 15.1. The number of esters is 1. The summed E-state index contributed by atoms with van der Waals surface area (Å²) < 4.78 is 7.83. The number of ether oxygens (including phenoxy) is 1. The number of rotatable bonds is 5. The van der Waals surface area contributed by atoms with Crippen LogP contribution in [0.15, 0.2) is 30.3 Å². The normalized spacial score (nSPS) is 10.8. The van der Waals surface area contributed by atoms with Crippen molar-refractivity contribution in [3.8, 4) is 0 Å². The van der Waals surface area contributed by atoms with Gasteiger partial charge < -0.3 is 10.1 Å². The highest BCUT2D eigenvalue weighted by Gasteiger charge is 2.22. The number of hydrogen-bond acceptors (Lipinski definition) is 5. The minimum atomic E-state index is -0.439. The summed E-state index contributed by atoms with van der Waals surface area (Å²) in [7, 11) is 0. The molecule has 7 heteroatoms. The number of fused-ring (bicyclic) bond motifs is 1. The summed E-state index contributed by atoms with van der Waals surface area (Å²) in [5, 5.41) is 8.36. The molecule has 0 saturated heterocycles. The minimum absolute atomic E-state index is 0.274. The quantitative estimate of drug-likeness (QED) is 0.704. The number of hydrogen-bond donors (Lipinski definition) is 1. The maximum Gasteiger partial charge on any atom is 0.341 e. The van der Waals surface area contributed by atoms with Crippen LogP contribution in [0.25, 0.3) is 10.1 Å². The standard InChI is InChI=1S/C18H19N3O3S/c1-4-21-11(3)10-13(20-21)16(22)19-17-15(18(23)24-5-2)12-8-6-7-9-14(12)25-17/h6-10H,4-5H2,1-3H3,(H,19,22). The predicted octanol–water partition coefficient (Wildman–Crippen LogP) is 3.86. The molecule has 2 heterocycles. The Morgan fingerprint density at radius 3 is 2.72 bits per heavy atom. The first-order chi connectivity index (χ1) is 12.0. The van der Waals surface area contributed by atoms with Gasteiger partial charge in [-0.05, 0) is 32.9 Å². The molecule has 1 N–H and O–H groups in total. The second-order valence-corrected chi connectivity index (χ2v) is 6.52. The topological polar surface area (TPSA) is 73.2 Å². The van der Waals surface area contributed by atoms with E-state index in [1.54, 1.807) is 17.7 Å². The van der Waals surface area contributed by atoms with Crippen LogP contribution in [0.1, 0.15) is 40.4 Å². The van der Waals surface area contributed by atoms with Crippen LogP contribution in [0.5, 0.6) is 0 Å². The molecule has 1 aromatic carbocycles. The van der Waals surface area contributed by atoms with Gasteiger partial charge in [-0.15, -0.1) is 11.3 Å². The van der Waals surface area contributed by atoms with E-state index in [0.29, 0.717) is 22.8 Å². The van der Waals surface area contributed by atoms with Crippen molar-refractivity contribution in [2.24, 2.45) is 0 Å². The van der Waals surface area contributed by atoms with E-state index in [-0.39, 0.29) is 12.5 Å². The maximum absolute atomic E-state index is 12.6. The average Bonchev–Trinajstić information content (AvgIpc) is 3.14. The third kappa shape index (κ3) is 3.28. The summed E-state index contributed by atoms with van der Waals surface area (Å²) >= 11 is 1.35. The molecule has 0 spiro atoms. The first-order valence-corrected chi connectivity index (χ1v) is 8.91. The van der Waals surface area contributed by atoms with Gasteiger partial charge in [0.25, 0.3) is 5.91 Å². The van der Waals surface area contributed by atoms with E-state index in [9.17, 15) is 9.59 Å². The van der Waals surface area contributed by atoms with Crippen molar-refractivity contribution in [1.82, 2.24) is 9.78 Å². The molecule has 6 nitrogen and oxygen atoms in total. The zero-order valence-electron chi connectivity index (χ0n) is 14.3. The van der Waals surface area contributed by atoms with Gasteiger partial charge in [0.15, 0.2) is 5.69 Å². The largest absolute Gasteiger partial charge is 0.462 e. The molecule has 0 unspecified atom stereocenters. The summed E-state index contributed by atoms with van der Waals surface area (Å²) in [6.45, 7) is 6.58. The number of amides is 1. The van der Waals surface area contributed by atoms with Gasteiger partial charge in [-0.1, -0.05) is 18.2 Å². The van der Waals surface area contributed by atoms with Gasteiger partial charge in [0.05, 0.1) is 6.61 Å². The molecule has 0 atom stereocenters. The lowest BCUT2D eigenvalue weighted by atomic mass is 10.1. The Morgan fingerprint density at radius 1 is 1.28 bits per heavy atom. The zero-order chi connectivity index (χ0) is 18.0. The highest BCUT2D eigenvalue weighted by atomic mass is 32.1. The number of nitrogens with zero attached hydrogens (tertiary/aromatic N) is 2. The molecule has 1 amide bonds. The third-order valence-electron chi connectivity index (χ3n) is 3.82. The second-order valence-electron chi connectivity index (χ2n) is 5.46. The lowest BCUT2D eigenvalue weighted by molar-refractivity contribution is 0.0530. The highest BCUT2D eigenvalue weighted by Crippen LogP contribution is 2.36. The van der Waals surface area contributed by atoms with Crippen molar-refractivity contribution in [2.75, 3.05) is 11.9 Å². The molecule has 0 aliphatic heterocycles. The number of aromatic nitrogens is 2. The van der Waals surface area contributed by atoms with E-state index in [0.717, 1.165) is 15.8 Å². The van der Waals surface area contributed by atoms with Crippen LogP contribution >= 0.6 is 11.3 Å². The minimum Gasteiger partial charge on any atom is -0.462 e. The fourth-order valence-corrected chi connectivity index (χ4v) is 3.73. The van der Waals surface area contributed by atoms with Gasteiger partial charge >= 0.3 is 5.97 Å². The first-order valence-electron chi connectivity index (χ1n) is 8.09. The summed E-state index contributed by atoms with van der Waals surface area (Å²) in [6.07, 6.45) is 0. The van der Waals surface area contributed by atoms with Crippen LogP contribution in [-0.4, -0.2) is 28.3 Å². The Hall–Kier alpha value is -2.67. The average molecular weight is 357 g/mol. The van der Waals surface area contributed by atoms with Crippen molar-refractivity contribution in [3.05, 3.63) is 47.3 Å². The summed E-state index contributed by atoms with van der Waals surface area (Å²) in [5.74, 6) is -0.780. The van der Waals surface area contributed by atoms with Crippen LogP contribution < -0.4 is 5.32 Å². The maximum atomic E-state index is 12.6. The monoisotopic (exact) mass is 357 g/mol. The summed E-state index contributed by atoms with van der Waals surface area (Å²) in [6, 6.07) is 9.25. The van der Waals surface area contributed by atoms with Crippen LogP contribution in [0.2, 0.25) is 0 Å². The van der Waals surface area contributed by atoms with Gasteiger partial charge in [-0.3, -0.25) is 9.48 Å². The predicted molar refractivity (Wildman–Crippen MR) is 98.4 cm³/mol. The fourth-order valence-electron chi connectivity index (χ4n) is 2.65. The fraction of sp³-hybridized carbons (Fsp3) is 0.278. The van der Waals surface area contributed by atoms with Crippen molar-refractivity contribution in [2.45, 2.75) is 27.3 Å². The Kier molecular flexibility index (Phi) is 4.85. The first kappa shape index (κ1) is 17.2. The SMILES string of the molecule is CCOC(=O)c1c(NC(=O)c2cc(C)n(CC)n2)sc2ccccc12. The van der Waals surface area contributed by atoms with Gasteiger partial charge in [-0.2, -0.15) is 5.10 Å². The van der Waals surface area contributed by atoms with Gasteiger partial charge in [-0.25, -0.2) is 4.79 Å². The van der Waals surface area contributed by atoms with E-state index in [1.165, 1.54) is 11.3 Å². The highest BCUT2D eigenvalue weighted by molar-refractivity contribution is 7.23. The Labute approximate surface area is 149 Å². The molecule has 3 aromatic rings. The van der Waals surface area contributed by atoms with Crippen molar-refractivity contribution in [1.29, 1.82) is 0 Å². The Bertz CT molecular complexity index is 942. The van der Waals surface area contributed by atoms with E-state index >= 15 is 0 Å². The summed E-state index contributed by atoms with van der Waals surface area (Å²) in [5.41, 5.74) is 1.63. The molecular formula is C18H19N3O3S. The molecule has 0 aliphatic rings. The molecule has 3 rings (SSSR count). The molecule has 0 radical (unpaired) electrons. The van der Waals surface area contributed by atoms with Crippen molar-refractivity contribution in [3.63, 3.8) is 0 Å². The number of thiophene rings is 1. The Balaban J connectivity index is 1.98. The van der Waals surface area contributed by atoms with Crippen molar-refractivity contribution < 1.29 is 14.3 Å². The number of aryl methyl sites for hydroxylation is 2. The third-order valence-corrected chi connectivity index (χ3v) is 4.90. The van der Waals surface area contributed by atoms with E-state index in [1.807, 2.05) is 38.1 Å². The van der Waals surface area contributed by atoms with Gasteiger partial charge in [0.1, 0.15) is 10.6 Å². The molecule has 2 aromatic heterocycles. The molecule has 0 saturated carbocycles. The summed E-state index contributed by atoms with van der Waals surface area (Å²) in [4.78, 5) is 24.9. The molecule has 25 heavy (non-hydrogen) atoms. The number of carbonyl (C=O) groups is 2. The van der Waals surface area contributed by atoms with Crippen LogP contribution in [0.4, 0.5) is 5.00 Å². The Morgan fingerprint density at radius 2 is 2.04 bits per heavy atom. The lowest BCUT2D eigenvalue weighted by Crippen LogP contribution is -2.15.